The quantitative estimate of drug-likeness (QED) is 0.252. The van der Waals surface area contributed by atoms with Gasteiger partial charge in [0.05, 0.1) is 10.6 Å². The highest BCUT2D eigenvalue weighted by Gasteiger charge is 2.31. The number of pyridine rings is 1. The molecular weight excluding hydrogens is 557 g/mol. The molecule has 1 aliphatic rings. The molecule has 4 N–H and O–H groups in total. The molecule has 12 heteroatoms. The van der Waals surface area contributed by atoms with Crippen LogP contribution in [0.5, 0.6) is 0 Å². The van der Waals surface area contributed by atoms with Crippen LogP contribution >= 0.6 is 11.6 Å². The van der Waals surface area contributed by atoms with Crippen molar-refractivity contribution >= 4 is 40.7 Å². The summed E-state index contributed by atoms with van der Waals surface area (Å²) in [6, 6.07) is 12.0. The summed E-state index contributed by atoms with van der Waals surface area (Å²) in [4.78, 5) is 29.2. The van der Waals surface area contributed by atoms with E-state index in [1.807, 2.05) is 12.1 Å². The first kappa shape index (κ1) is 28.2. The van der Waals surface area contributed by atoms with E-state index in [9.17, 15) is 22.8 Å². The van der Waals surface area contributed by atoms with E-state index in [1.54, 1.807) is 4.68 Å². The maximum atomic E-state index is 13.0. The molecule has 0 atom stereocenters. The Morgan fingerprint density at radius 3 is 2.46 bits per heavy atom. The first-order valence-electron chi connectivity index (χ1n) is 12.7. The van der Waals surface area contributed by atoms with Crippen LogP contribution in [0.1, 0.15) is 58.2 Å². The first-order chi connectivity index (χ1) is 19.2. The molecule has 0 spiro atoms. The predicted molar refractivity (Wildman–Crippen MR) is 151 cm³/mol. The number of nitrogens with zero attached hydrogens (tertiary/aromatic N) is 3. The summed E-state index contributed by atoms with van der Waals surface area (Å²) >= 11 is 6.54. The van der Waals surface area contributed by atoms with Crippen LogP contribution in [0.2, 0.25) is 5.02 Å². The molecule has 0 saturated heterocycles. The summed E-state index contributed by atoms with van der Waals surface area (Å²) in [7, 11) is 0. The molecule has 41 heavy (non-hydrogen) atoms. The van der Waals surface area contributed by atoms with Gasteiger partial charge in [-0.3, -0.25) is 9.59 Å². The van der Waals surface area contributed by atoms with Crippen molar-refractivity contribution in [2.45, 2.75) is 45.3 Å². The van der Waals surface area contributed by atoms with Crippen LogP contribution in [0.15, 0.2) is 54.7 Å². The second kappa shape index (κ2) is 10.2. The lowest BCUT2D eigenvalue weighted by atomic mass is 9.85. The van der Waals surface area contributed by atoms with Gasteiger partial charge in [-0.2, -0.15) is 18.3 Å². The van der Waals surface area contributed by atoms with Crippen molar-refractivity contribution in [2.75, 3.05) is 10.6 Å². The van der Waals surface area contributed by atoms with Crippen molar-refractivity contribution < 1.29 is 22.8 Å². The van der Waals surface area contributed by atoms with Crippen molar-refractivity contribution in [2.24, 2.45) is 5.73 Å². The fourth-order valence-electron chi connectivity index (χ4n) is 4.63. The van der Waals surface area contributed by atoms with Gasteiger partial charge < -0.3 is 16.4 Å². The van der Waals surface area contributed by atoms with E-state index in [2.05, 4.69) is 47.6 Å². The van der Waals surface area contributed by atoms with Crippen LogP contribution in [0.3, 0.4) is 0 Å². The number of hydrogen-bond acceptors (Lipinski definition) is 5. The van der Waals surface area contributed by atoms with Crippen molar-refractivity contribution in [1.82, 2.24) is 14.8 Å². The molecule has 2 aromatic heterocycles. The molecule has 0 unspecified atom stereocenters. The Hall–Kier alpha value is -4.38. The minimum absolute atomic E-state index is 0.0239. The van der Waals surface area contributed by atoms with Crippen LogP contribution in [0.25, 0.3) is 11.3 Å². The normalized spacial score (nSPS) is 13.0. The number of rotatable bonds is 4. The smallest absolute Gasteiger partial charge is 0.365 e. The van der Waals surface area contributed by atoms with E-state index in [-0.39, 0.29) is 33.1 Å². The average molecular weight is 583 g/mol. The molecule has 8 nitrogen and oxygen atoms in total. The minimum atomic E-state index is -4.58. The SMILES string of the molecule is CC(C)(C)c1ccc2c(c1)CCn1nc(-c3ccc(C(=O)Nc4cc(C(F)(F)F)ccn4)cc3Cl)c(C(N)=O)c1N2. The number of nitrogens with two attached hydrogens (primary N) is 1. The number of carbonyl (C=O) groups is 2. The summed E-state index contributed by atoms with van der Waals surface area (Å²) in [6.07, 6.45) is -2.96. The van der Waals surface area contributed by atoms with Crippen molar-refractivity contribution in [3.05, 3.63) is 87.6 Å². The molecule has 0 saturated carbocycles. The molecule has 0 radical (unpaired) electrons. The minimum Gasteiger partial charge on any atom is -0.365 e. The first-order valence-corrected chi connectivity index (χ1v) is 13.1. The maximum absolute atomic E-state index is 13.0. The molecule has 3 heterocycles. The van der Waals surface area contributed by atoms with Gasteiger partial charge in [-0.15, -0.1) is 0 Å². The number of nitrogens with one attached hydrogen (secondary N) is 2. The largest absolute Gasteiger partial charge is 0.416 e. The monoisotopic (exact) mass is 582 g/mol. The fraction of sp³-hybridized carbons (Fsp3) is 0.241. The Morgan fingerprint density at radius 2 is 1.80 bits per heavy atom. The Morgan fingerprint density at radius 1 is 1.05 bits per heavy atom. The van der Waals surface area contributed by atoms with E-state index in [4.69, 9.17) is 17.3 Å². The van der Waals surface area contributed by atoms with E-state index in [0.29, 0.717) is 24.3 Å². The summed E-state index contributed by atoms with van der Waals surface area (Å²) in [6.45, 7) is 6.90. The van der Waals surface area contributed by atoms with E-state index < -0.39 is 23.6 Å². The molecule has 4 aromatic rings. The highest BCUT2D eigenvalue weighted by molar-refractivity contribution is 6.34. The molecule has 2 amide bonds. The molecule has 212 valence electrons. The molecule has 0 bridgehead atoms. The number of primary amides is 1. The van der Waals surface area contributed by atoms with Gasteiger partial charge in [-0.1, -0.05) is 50.6 Å². The van der Waals surface area contributed by atoms with Crippen LogP contribution in [0.4, 0.5) is 30.5 Å². The third-order valence-corrected chi connectivity index (χ3v) is 7.14. The zero-order chi connectivity index (χ0) is 29.7. The molecule has 0 aliphatic carbocycles. The zero-order valence-electron chi connectivity index (χ0n) is 22.4. The van der Waals surface area contributed by atoms with Crippen LogP contribution in [0, 0.1) is 0 Å². The summed E-state index contributed by atoms with van der Waals surface area (Å²) < 4.78 is 40.7. The van der Waals surface area contributed by atoms with Gasteiger partial charge in [-0.05, 0) is 53.3 Å². The number of anilines is 3. The molecular formula is C29H26ClF3N6O2. The maximum Gasteiger partial charge on any atom is 0.416 e. The number of aryl methyl sites for hydroxylation is 2. The number of alkyl halides is 3. The third kappa shape index (κ3) is 5.62. The number of benzene rings is 2. The molecule has 0 fully saturated rings. The lowest BCUT2D eigenvalue weighted by Gasteiger charge is -2.21. The summed E-state index contributed by atoms with van der Waals surface area (Å²) in [5.74, 6) is -1.26. The Balaban J connectivity index is 1.45. The van der Waals surface area contributed by atoms with Crippen molar-refractivity contribution in [1.29, 1.82) is 0 Å². The highest BCUT2D eigenvalue weighted by Crippen LogP contribution is 2.38. The molecule has 5 rings (SSSR count). The van der Waals surface area contributed by atoms with Gasteiger partial charge in [0, 0.05) is 29.6 Å². The number of halogens is 4. The fourth-order valence-corrected chi connectivity index (χ4v) is 4.90. The van der Waals surface area contributed by atoms with Crippen LogP contribution < -0.4 is 16.4 Å². The standard InChI is InChI=1S/C29H26ClF3N6O2/c1-28(2,3)17-5-7-21-15(12-17)9-11-39-26(36-21)23(25(34)40)24(38-39)19-6-4-16(13-20(19)30)27(41)37-22-14-18(8-10-35-22)29(31,32)33/h4-8,10,12-14,36H,9,11H2,1-3H3,(H2,34,40)(H,35,37,41). The number of amides is 2. The van der Waals surface area contributed by atoms with Crippen molar-refractivity contribution in [3.63, 3.8) is 0 Å². The van der Waals surface area contributed by atoms with E-state index >= 15 is 0 Å². The predicted octanol–water partition coefficient (Wildman–Crippen LogP) is 6.57. The Labute approximate surface area is 238 Å². The van der Waals surface area contributed by atoms with Crippen LogP contribution in [-0.2, 0) is 24.6 Å². The van der Waals surface area contributed by atoms with Crippen LogP contribution in [-0.4, -0.2) is 26.6 Å². The zero-order valence-corrected chi connectivity index (χ0v) is 23.1. The summed E-state index contributed by atoms with van der Waals surface area (Å²) in [5.41, 5.74) is 8.77. The Bertz CT molecular complexity index is 1690. The van der Waals surface area contributed by atoms with Gasteiger partial charge in [-0.25, -0.2) is 9.67 Å². The van der Waals surface area contributed by atoms with Gasteiger partial charge in [0.15, 0.2) is 0 Å². The number of hydrogen-bond donors (Lipinski definition) is 3. The van der Waals surface area contributed by atoms with E-state index in [0.717, 1.165) is 29.6 Å². The summed E-state index contributed by atoms with van der Waals surface area (Å²) in [5, 5.41) is 10.4. The van der Waals surface area contributed by atoms with Gasteiger partial charge in [0.25, 0.3) is 11.8 Å². The molecule has 2 aromatic carbocycles. The number of carbonyl (C=O) groups excluding carboxylic acids is 2. The topological polar surface area (TPSA) is 115 Å². The second-order valence-electron chi connectivity index (χ2n) is 10.7. The molecule has 1 aliphatic heterocycles. The Kier molecular flexibility index (Phi) is 7.02. The average Bonchev–Trinajstić information content (AvgIpc) is 3.15. The lowest BCUT2D eigenvalue weighted by molar-refractivity contribution is -0.137. The third-order valence-electron chi connectivity index (χ3n) is 6.83. The van der Waals surface area contributed by atoms with Gasteiger partial charge in [0.2, 0.25) is 0 Å². The second-order valence-corrected chi connectivity index (χ2v) is 11.1. The number of fused-ring (bicyclic) bond motifs is 2. The number of aromatic nitrogens is 3. The van der Waals surface area contributed by atoms with Gasteiger partial charge in [0.1, 0.15) is 22.9 Å². The van der Waals surface area contributed by atoms with Crippen molar-refractivity contribution in [3.8, 4) is 11.3 Å². The van der Waals surface area contributed by atoms with Gasteiger partial charge >= 0.3 is 6.18 Å². The lowest BCUT2D eigenvalue weighted by Crippen LogP contribution is -2.15. The van der Waals surface area contributed by atoms with E-state index in [1.165, 1.54) is 23.8 Å². The highest BCUT2D eigenvalue weighted by atomic mass is 35.5.